The van der Waals surface area contributed by atoms with Crippen LogP contribution in [0.3, 0.4) is 0 Å². The number of hydrogen-bond donors (Lipinski definition) is 1. The van der Waals surface area contributed by atoms with E-state index in [1.807, 2.05) is 32.0 Å². The van der Waals surface area contributed by atoms with E-state index in [4.69, 9.17) is 5.73 Å². The highest BCUT2D eigenvalue weighted by Crippen LogP contribution is 2.23. The van der Waals surface area contributed by atoms with Gasteiger partial charge in [0.1, 0.15) is 5.82 Å². The van der Waals surface area contributed by atoms with Gasteiger partial charge in [0, 0.05) is 23.7 Å². The Bertz CT molecular complexity index is 1370. The molecule has 0 unspecified atom stereocenters. The molecular weight excluding hydrogens is 465 g/mol. The number of alkyl halides is 3. The van der Waals surface area contributed by atoms with Gasteiger partial charge < -0.3 is 10.6 Å². The third-order valence-electron chi connectivity index (χ3n) is 6.03. The van der Waals surface area contributed by atoms with Gasteiger partial charge in [0.15, 0.2) is 0 Å². The van der Waals surface area contributed by atoms with E-state index in [0.29, 0.717) is 16.9 Å². The van der Waals surface area contributed by atoms with Crippen molar-refractivity contribution in [1.82, 2.24) is 14.9 Å². The molecule has 5 nitrogen and oxygen atoms in total. The van der Waals surface area contributed by atoms with Crippen LogP contribution in [0.2, 0.25) is 0 Å². The van der Waals surface area contributed by atoms with Crippen LogP contribution in [0.15, 0.2) is 66.9 Å². The van der Waals surface area contributed by atoms with Crippen molar-refractivity contribution in [2.45, 2.75) is 46.0 Å². The van der Waals surface area contributed by atoms with Crippen molar-refractivity contribution in [2.24, 2.45) is 0 Å². The Kier molecular flexibility index (Phi) is 7.24. The van der Waals surface area contributed by atoms with Gasteiger partial charge in [-0.2, -0.15) is 13.2 Å². The SMILES string of the molecule is CCc1ccc(CN(Cc2ccc(CC(F)(F)F)cc2)C(=O)c2ccc3nc(N)c(C)cc3c2)nc1. The van der Waals surface area contributed by atoms with Gasteiger partial charge in [-0.25, -0.2) is 4.98 Å². The van der Waals surface area contributed by atoms with E-state index >= 15 is 0 Å². The third-order valence-corrected chi connectivity index (χ3v) is 6.03. The molecule has 1 amide bonds. The Labute approximate surface area is 207 Å². The maximum atomic E-state index is 13.6. The molecular formula is C28H27F3N4O. The minimum Gasteiger partial charge on any atom is -0.383 e. The minimum absolute atomic E-state index is 0.178. The van der Waals surface area contributed by atoms with Crippen LogP contribution in [0.25, 0.3) is 10.9 Å². The molecule has 2 N–H and O–H groups in total. The second-order valence-corrected chi connectivity index (χ2v) is 8.88. The monoisotopic (exact) mass is 492 g/mol. The van der Waals surface area contributed by atoms with Crippen LogP contribution in [-0.2, 0) is 25.9 Å². The van der Waals surface area contributed by atoms with Gasteiger partial charge in [0.2, 0.25) is 0 Å². The summed E-state index contributed by atoms with van der Waals surface area (Å²) in [6.07, 6.45) is -2.61. The number of nitrogens with two attached hydrogens (primary N) is 1. The maximum Gasteiger partial charge on any atom is 0.393 e. The molecule has 0 aliphatic heterocycles. The van der Waals surface area contributed by atoms with Crippen molar-refractivity contribution in [3.05, 3.63) is 100 Å². The van der Waals surface area contributed by atoms with Crippen LogP contribution in [0.1, 0.15) is 45.2 Å². The number of fused-ring (bicyclic) bond motifs is 1. The summed E-state index contributed by atoms with van der Waals surface area (Å²) in [6.45, 7) is 4.37. The Morgan fingerprint density at radius 1 is 0.944 bits per heavy atom. The number of pyridine rings is 2. The van der Waals surface area contributed by atoms with Gasteiger partial charge >= 0.3 is 6.18 Å². The van der Waals surface area contributed by atoms with E-state index in [2.05, 4.69) is 9.97 Å². The molecule has 0 spiro atoms. The lowest BCUT2D eigenvalue weighted by Gasteiger charge is -2.23. The summed E-state index contributed by atoms with van der Waals surface area (Å²) in [4.78, 5) is 24.1. The zero-order chi connectivity index (χ0) is 25.9. The van der Waals surface area contributed by atoms with Crippen molar-refractivity contribution in [3.63, 3.8) is 0 Å². The highest BCUT2D eigenvalue weighted by molar-refractivity contribution is 5.98. The summed E-state index contributed by atoms with van der Waals surface area (Å²) < 4.78 is 38.2. The molecule has 0 fully saturated rings. The van der Waals surface area contributed by atoms with Crippen LogP contribution >= 0.6 is 0 Å². The maximum absolute atomic E-state index is 13.6. The summed E-state index contributed by atoms with van der Waals surface area (Å²) in [6, 6.07) is 17.2. The number of benzene rings is 2. The fourth-order valence-corrected chi connectivity index (χ4v) is 3.98. The van der Waals surface area contributed by atoms with E-state index in [-0.39, 0.29) is 24.6 Å². The number of hydrogen-bond acceptors (Lipinski definition) is 4. The number of aromatic nitrogens is 2. The molecule has 0 saturated carbocycles. The van der Waals surface area contributed by atoms with Crippen LogP contribution in [-0.4, -0.2) is 27.0 Å². The van der Waals surface area contributed by atoms with E-state index in [0.717, 1.165) is 34.2 Å². The van der Waals surface area contributed by atoms with Gasteiger partial charge in [-0.3, -0.25) is 9.78 Å². The van der Waals surface area contributed by atoms with Gasteiger partial charge in [-0.15, -0.1) is 0 Å². The number of nitrogen functional groups attached to an aromatic ring is 1. The van der Waals surface area contributed by atoms with Crippen LogP contribution < -0.4 is 5.73 Å². The Hall–Kier alpha value is -3.94. The number of rotatable bonds is 7. The van der Waals surface area contributed by atoms with Crippen LogP contribution in [0.4, 0.5) is 19.0 Å². The van der Waals surface area contributed by atoms with Gasteiger partial charge in [0.05, 0.1) is 24.2 Å². The topological polar surface area (TPSA) is 72.1 Å². The van der Waals surface area contributed by atoms with Gasteiger partial charge in [-0.05, 0) is 65.9 Å². The van der Waals surface area contributed by atoms with Crippen molar-refractivity contribution in [3.8, 4) is 0 Å². The molecule has 0 aliphatic rings. The number of halogens is 3. The molecule has 186 valence electrons. The largest absolute Gasteiger partial charge is 0.393 e. The second kappa shape index (κ2) is 10.4. The molecule has 0 bridgehead atoms. The molecule has 0 saturated heterocycles. The Balaban J connectivity index is 1.63. The first-order valence-electron chi connectivity index (χ1n) is 11.7. The zero-order valence-electron chi connectivity index (χ0n) is 20.1. The van der Waals surface area contributed by atoms with E-state index in [1.54, 1.807) is 41.4 Å². The molecule has 8 heteroatoms. The number of nitrogens with zero attached hydrogens (tertiary/aromatic N) is 3. The fraction of sp³-hybridized carbons (Fsp3) is 0.250. The average Bonchev–Trinajstić information content (AvgIpc) is 2.84. The summed E-state index contributed by atoms with van der Waals surface area (Å²) >= 11 is 0. The second-order valence-electron chi connectivity index (χ2n) is 8.88. The summed E-state index contributed by atoms with van der Waals surface area (Å²) in [5, 5.41) is 0.800. The lowest BCUT2D eigenvalue weighted by molar-refractivity contribution is -0.127. The average molecular weight is 493 g/mol. The predicted molar refractivity (Wildman–Crippen MR) is 134 cm³/mol. The number of carbonyl (C=O) groups excluding carboxylic acids is 1. The number of anilines is 1. The van der Waals surface area contributed by atoms with Crippen LogP contribution in [0.5, 0.6) is 0 Å². The first-order valence-corrected chi connectivity index (χ1v) is 11.7. The highest BCUT2D eigenvalue weighted by Gasteiger charge is 2.27. The molecule has 4 rings (SSSR count). The molecule has 0 aliphatic carbocycles. The molecule has 2 heterocycles. The lowest BCUT2D eigenvalue weighted by Crippen LogP contribution is -2.30. The van der Waals surface area contributed by atoms with E-state index in [1.165, 1.54) is 12.1 Å². The molecule has 0 atom stereocenters. The minimum atomic E-state index is -4.27. The highest BCUT2D eigenvalue weighted by atomic mass is 19.4. The first-order chi connectivity index (χ1) is 17.1. The van der Waals surface area contributed by atoms with Crippen molar-refractivity contribution < 1.29 is 18.0 Å². The number of carbonyl (C=O) groups is 1. The van der Waals surface area contributed by atoms with Crippen molar-refractivity contribution in [2.75, 3.05) is 5.73 Å². The fourth-order valence-electron chi connectivity index (χ4n) is 3.98. The summed E-state index contributed by atoms with van der Waals surface area (Å²) in [5.74, 6) is 0.228. The first kappa shape index (κ1) is 25.2. The summed E-state index contributed by atoms with van der Waals surface area (Å²) in [7, 11) is 0. The van der Waals surface area contributed by atoms with Crippen molar-refractivity contribution in [1.29, 1.82) is 0 Å². The molecule has 2 aromatic carbocycles. The lowest BCUT2D eigenvalue weighted by atomic mass is 10.1. The Morgan fingerprint density at radius 2 is 1.64 bits per heavy atom. The van der Waals surface area contributed by atoms with Crippen LogP contribution in [0, 0.1) is 6.92 Å². The molecule has 36 heavy (non-hydrogen) atoms. The number of amides is 1. The summed E-state index contributed by atoms with van der Waals surface area (Å²) in [5.41, 5.74) is 10.6. The van der Waals surface area contributed by atoms with Crippen molar-refractivity contribution >= 4 is 22.6 Å². The molecule has 2 aromatic heterocycles. The smallest absolute Gasteiger partial charge is 0.383 e. The standard InChI is InChI=1S/C28H27F3N4O/c1-3-19-8-10-24(33-15-19)17-35(16-21-6-4-20(5-7-21)14-28(29,30)31)27(36)22-9-11-25-23(13-22)12-18(2)26(32)34-25/h4-13,15H,3,14,16-17H2,1-2H3,(H2,32,34). The van der Waals surface area contributed by atoms with E-state index < -0.39 is 12.6 Å². The van der Waals surface area contributed by atoms with Gasteiger partial charge in [0.25, 0.3) is 5.91 Å². The third kappa shape index (κ3) is 6.19. The predicted octanol–water partition coefficient (Wildman–Crippen LogP) is 6.03. The Morgan fingerprint density at radius 3 is 2.28 bits per heavy atom. The van der Waals surface area contributed by atoms with Gasteiger partial charge in [-0.1, -0.05) is 37.3 Å². The quantitative estimate of drug-likeness (QED) is 0.342. The molecule has 0 radical (unpaired) electrons. The van der Waals surface area contributed by atoms with E-state index in [9.17, 15) is 18.0 Å². The molecule has 4 aromatic rings. The number of aryl methyl sites for hydroxylation is 2. The zero-order valence-corrected chi connectivity index (χ0v) is 20.1. The normalized spacial score (nSPS) is 11.6.